The maximum Gasteiger partial charge on any atom is 1.00 e. The Kier molecular flexibility index (Phi) is 13.4. The molecular weight excluding hydrogens is 147 g/mol. The number of hydrogen-bond donors (Lipinski definition) is 2. The number of hydrogen-bond acceptors (Lipinski definition) is 1. The largest absolute Gasteiger partial charge is 1.00 e. The van der Waals surface area contributed by atoms with E-state index in [0.717, 1.165) is 0 Å². The third-order valence-electron chi connectivity index (χ3n) is 0. The molecule has 0 unspecified atom stereocenters. The van der Waals surface area contributed by atoms with Crippen LogP contribution in [0.3, 0.4) is 0 Å². The van der Waals surface area contributed by atoms with E-state index in [2.05, 4.69) is 37.5 Å². The van der Waals surface area contributed by atoms with Crippen LogP contribution in [-0.4, -0.2) is 3.53 Å². The van der Waals surface area contributed by atoms with E-state index in [9.17, 15) is 0 Å². The summed E-state index contributed by atoms with van der Waals surface area (Å²) in [6, 6.07) is 0. The van der Waals surface area contributed by atoms with Crippen LogP contribution in [0, 0.1) is 0 Å². The Labute approximate surface area is 90.3 Å². The Morgan fingerprint density at radius 2 is 1.40 bits per heavy atom. The molecule has 0 N–H and O–H groups in total. The molecule has 0 aliphatic carbocycles. The molecule has 0 rings (SSSR count). The van der Waals surface area contributed by atoms with E-state index < -0.39 is 0 Å². The van der Waals surface area contributed by atoms with Gasteiger partial charge < -0.3 is 0 Å². The molecule has 0 spiro atoms. The van der Waals surface area contributed by atoms with Crippen molar-refractivity contribution in [3.05, 3.63) is 0 Å². The van der Waals surface area contributed by atoms with E-state index in [-0.39, 0.29) is 51.4 Å². The summed E-state index contributed by atoms with van der Waals surface area (Å²) >= 11 is 11.4. The van der Waals surface area contributed by atoms with Gasteiger partial charge in [0, 0.05) is 0 Å². The molecule has 0 saturated heterocycles. The number of rotatable bonds is 0. The van der Waals surface area contributed by atoms with Crippen LogP contribution in [0.25, 0.3) is 0 Å². The molecule has 24 valence electrons. The fraction of sp³-hybridized carbons (Fsp3) is 0. The van der Waals surface area contributed by atoms with Gasteiger partial charge in [0.05, 0.1) is 3.53 Å². The van der Waals surface area contributed by atoms with E-state index in [0.29, 0.717) is 3.53 Å². The van der Waals surface area contributed by atoms with Crippen molar-refractivity contribution in [2.45, 2.75) is 0 Å². The molecule has 0 atom stereocenters. The standard InChI is InChI=1S/CH2S3.K/c2-1(3)4;/h(H2,2,3,4);/q;+1. The summed E-state index contributed by atoms with van der Waals surface area (Å²) in [5.74, 6) is 0. The summed E-state index contributed by atoms with van der Waals surface area (Å²) in [7, 11) is 0. The second-order valence-corrected chi connectivity index (χ2v) is 2.54. The Morgan fingerprint density at radius 3 is 1.40 bits per heavy atom. The van der Waals surface area contributed by atoms with Crippen LogP contribution in [0.2, 0.25) is 0 Å². The Morgan fingerprint density at radius 1 is 1.40 bits per heavy atom. The molecule has 0 saturated carbocycles. The molecule has 0 bridgehead atoms. The van der Waals surface area contributed by atoms with Gasteiger partial charge in [0.2, 0.25) is 0 Å². The molecular formula is CH2KS3+. The normalized spacial score (nSPS) is 5.20. The van der Waals surface area contributed by atoms with Gasteiger partial charge in [-0.2, -0.15) is 0 Å². The van der Waals surface area contributed by atoms with Crippen molar-refractivity contribution < 1.29 is 51.4 Å². The summed E-state index contributed by atoms with van der Waals surface area (Å²) in [6.45, 7) is 0. The van der Waals surface area contributed by atoms with Crippen LogP contribution < -0.4 is 51.4 Å². The monoisotopic (exact) mass is 149 g/mol. The van der Waals surface area contributed by atoms with Gasteiger partial charge in [0.1, 0.15) is 0 Å². The van der Waals surface area contributed by atoms with Gasteiger partial charge in [0.15, 0.2) is 0 Å². The zero-order chi connectivity index (χ0) is 3.58. The maximum absolute atomic E-state index is 4.27. The van der Waals surface area contributed by atoms with E-state index in [4.69, 9.17) is 0 Å². The number of thiol groups is 2. The van der Waals surface area contributed by atoms with Gasteiger partial charge >= 0.3 is 51.4 Å². The van der Waals surface area contributed by atoms with Crippen LogP contribution in [0.4, 0.5) is 0 Å². The Hall–Kier alpha value is 2.43. The minimum Gasteiger partial charge on any atom is -0.125 e. The molecule has 0 amide bonds. The molecule has 0 radical (unpaired) electrons. The molecule has 0 fully saturated rings. The van der Waals surface area contributed by atoms with E-state index >= 15 is 0 Å². The molecule has 0 heterocycles. The maximum atomic E-state index is 4.27. The van der Waals surface area contributed by atoms with Crippen LogP contribution in [0.15, 0.2) is 0 Å². The van der Waals surface area contributed by atoms with Gasteiger partial charge in [-0.1, -0.05) is 12.2 Å². The minimum atomic E-state index is 0. The zero-order valence-corrected chi connectivity index (χ0v) is 8.53. The van der Waals surface area contributed by atoms with Gasteiger partial charge in [-0.15, -0.1) is 25.3 Å². The van der Waals surface area contributed by atoms with E-state index in [1.807, 2.05) is 0 Å². The molecule has 5 heavy (non-hydrogen) atoms. The van der Waals surface area contributed by atoms with Crippen molar-refractivity contribution in [2.75, 3.05) is 0 Å². The van der Waals surface area contributed by atoms with Crippen molar-refractivity contribution in [1.82, 2.24) is 0 Å². The topological polar surface area (TPSA) is 0 Å². The molecule has 0 aromatic rings. The summed E-state index contributed by atoms with van der Waals surface area (Å²) < 4.78 is 0.389. The first-order valence-electron chi connectivity index (χ1n) is 0.651. The van der Waals surface area contributed by atoms with Crippen molar-refractivity contribution in [2.24, 2.45) is 0 Å². The first-order valence-corrected chi connectivity index (χ1v) is 1.95. The fourth-order valence-corrected chi connectivity index (χ4v) is 0. The van der Waals surface area contributed by atoms with Crippen molar-refractivity contribution in [1.29, 1.82) is 0 Å². The van der Waals surface area contributed by atoms with Crippen molar-refractivity contribution >= 4 is 41.0 Å². The second-order valence-electron chi connectivity index (χ2n) is 0.283. The summed E-state index contributed by atoms with van der Waals surface area (Å²) in [5, 5.41) is 0. The molecule has 0 aliphatic heterocycles. The first kappa shape index (κ1) is 10.4. The summed E-state index contributed by atoms with van der Waals surface area (Å²) in [5.41, 5.74) is 0. The van der Waals surface area contributed by atoms with Crippen molar-refractivity contribution in [3.63, 3.8) is 0 Å². The summed E-state index contributed by atoms with van der Waals surface area (Å²) in [6.07, 6.45) is 0. The van der Waals surface area contributed by atoms with E-state index in [1.54, 1.807) is 0 Å². The molecule has 0 nitrogen and oxygen atoms in total. The van der Waals surface area contributed by atoms with Gasteiger partial charge in [-0.25, -0.2) is 0 Å². The third kappa shape index (κ3) is 21.4. The van der Waals surface area contributed by atoms with Gasteiger partial charge in [-0.3, -0.25) is 0 Å². The van der Waals surface area contributed by atoms with Crippen LogP contribution in [-0.2, 0) is 0 Å². The smallest absolute Gasteiger partial charge is 0.125 e. The molecule has 0 aromatic heterocycles. The van der Waals surface area contributed by atoms with Gasteiger partial charge in [0.25, 0.3) is 0 Å². The number of thiocarbonyl (C=S) groups is 1. The van der Waals surface area contributed by atoms with Crippen LogP contribution >= 0.6 is 37.5 Å². The zero-order valence-electron chi connectivity index (χ0n) is 2.80. The molecule has 4 heteroatoms. The average Bonchev–Trinajstić information content (AvgIpc) is 0.811. The average molecular weight is 149 g/mol. The minimum absolute atomic E-state index is 0. The predicted octanol–water partition coefficient (Wildman–Crippen LogP) is -1.87. The quantitative estimate of drug-likeness (QED) is 0.231. The second kappa shape index (κ2) is 6.43. The third-order valence-corrected chi connectivity index (χ3v) is 0. The van der Waals surface area contributed by atoms with E-state index in [1.165, 1.54) is 0 Å². The Bertz CT molecular complexity index is 29.9. The van der Waals surface area contributed by atoms with Crippen LogP contribution in [0.5, 0.6) is 0 Å². The van der Waals surface area contributed by atoms with Crippen molar-refractivity contribution in [3.8, 4) is 0 Å². The van der Waals surface area contributed by atoms with Crippen LogP contribution in [0.1, 0.15) is 0 Å². The van der Waals surface area contributed by atoms with Gasteiger partial charge in [-0.05, 0) is 0 Å². The first-order chi connectivity index (χ1) is 1.73. The molecule has 0 aliphatic rings. The summed E-state index contributed by atoms with van der Waals surface area (Å²) in [4.78, 5) is 0. The molecule has 0 aromatic carbocycles. The Balaban J connectivity index is 0. The predicted molar refractivity (Wildman–Crippen MR) is 30.6 cm³/mol. The SMILES string of the molecule is S=C(S)S.[K+]. The fourth-order valence-electron chi connectivity index (χ4n) is 0.